The molecule has 0 saturated carbocycles. The lowest BCUT2D eigenvalue weighted by molar-refractivity contribution is 0.566. The van der Waals surface area contributed by atoms with Crippen LogP contribution in [0.5, 0.6) is 0 Å². The number of hydrogen-bond donors (Lipinski definition) is 1. The second kappa shape index (κ2) is 5.84. The van der Waals surface area contributed by atoms with Crippen LogP contribution in [0.3, 0.4) is 0 Å². The molecule has 0 atom stereocenters. The first-order valence-corrected chi connectivity index (χ1v) is 9.97. The second-order valence-corrected chi connectivity index (χ2v) is 9.05. The normalized spacial score (nSPS) is 12.5. The van der Waals surface area contributed by atoms with Gasteiger partial charge in [0.25, 0.3) is 0 Å². The van der Waals surface area contributed by atoms with Crippen LogP contribution < -0.4 is 4.72 Å². The Hall–Kier alpha value is -1.29. The summed E-state index contributed by atoms with van der Waals surface area (Å²) in [6, 6.07) is 6.23. The van der Waals surface area contributed by atoms with Gasteiger partial charge in [0, 0.05) is 17.7 Å². The average molecular weight is 349 g/mol. The first-order valence-electron chi connectivity index (χ1n) is 5.72. The lowest BCUT2D eigenvalue weighted by atomic mass is 10.3. The van der Waals surface area contributed by atoms with E-state index in [-0.39, 0.29) is 11.4 Å². The molecule has 0 saturated heterocycles. The monoisotopic (exact) mass is 349 g/mol. The zero-order valence-corrected chi connectivity index (χ0v) is 13.4. The number of sulfonamides is 1. The zero-order chi connectivity index (χ0) is 15.7. The predicted molar refractivity (Wildman–Crippen MR) is 77.9 cm³/mol. The molecule has 1 aromatic heterocycles. The van der Waals surface area contributed by atoms with Crippen molar-refractivity contribution in [2.24, 2.45) is 0 Å². The molecule has 114 valence electrons. The van der Waals surface area contributed by atoms with Crippen molar-refractivity contribution in [3.63, 3.8) is 0 Å². The molecule has 0 bridgehead atoms. The third kappa shape index (κ3) is 3.88. The molecule has 1 N–H and O–H groups in total. The highest BCUT2D eigenvalue weighted by molar-refractivity contribution is 7.91. The van der Waals surface area contributed by atoms with Gasteiger partial charge >= 0.3 is 0 Å². The summed E-state index contributed by atoms with van der Waals surface area (Å²) in [4.78, 5) is -0.119. The maximum atomic E-state index is 13.5. The first kappa shape index (κ1) is 16.1. The Bertz CT molecular complexity index is 843. The Labute approximate surface area is 126 Å². The molecule has 2 aromatic rings. The van der Waals surface area contributed by atoms with Crippen LogP contribution in [-0.4, -0.2) is 23.1 Å². The zero-order valence-electron chi connectivity index (χ0n) is 10.9. The van der Waals surface area contributed by atoms with Gasteiger partial charge in [-0.25, -0.2) is 25.9 Å². The van der Waals surface area contributed by atoms with Crippen LogP contribution in [0.2, 0.25) is 0 Å². The largest absolute Gasteiger partial charge is 0.240 e. The van der Waals surface area contributed by atoms with Crippen LogP contribution in [0.25, 0.3) is 0 Å². The number of hydrogen-bond acceptors (Lipinski definition) is 5. The minimum Gasteiger partial charge on any atom is -0.224 e. The van der Waals surface area contributed by atoms with Gasteiger partial charge in [-0.15, -0.1) is 11.3 Å². The molecule has 0 fully saturated rings. The summed E-state index contributed by atoms with van der Waals surface area (Å²) in [5, 5.41) is 1.81. The number of nitrogens with one attached hydrogen (secondary N) is 1. The second-order valence-electron chi connectivity index (χ2n) is 4.27. The van der Waals surface area contributed by atoms with E-state index in [0.717, 1.165) is 29.3 Å². The summed E-state index contributed by atoms with van der Waals surface area (Å²) in [5.74, 6) is -0.977. The summed E-state index contributed by atoms with van der Waals surface area (Å²) in [6.07, 6.45) is 0.820. The molecular formula is C12H12FNO4S3. The Morgan fingerprint density at radius 3 is 2.48 bits per heavy atom. The van der Waals surface area contributed by atoms with Gasteiger partial charge < -0.3 is 0 Å². The molecule has 0 amide bonds. The van der Waals surface area contributed by atoms with Crippen molar-refractivity contribution >= 4 is 31.2 Å². The predicted octanol–water partition coefficient (Wildman–Crippen LogP) is 1.77. The average Bonchev–Trinajstić information content (AvgIpc) is 2.88. The quantitative estimate of drug-likeness (QED) is 0.892. The van der Waals surface area contributed by atoms with Gasteiger partial charge in [0.05, 0.1) is 4.90 Å². The summed E-state index contributed by atoms with van der Waals surface area (Å²) in [6.45, 7) is 0.0889. The third-order valence-electron chi connectivity index (χ3n) is 2.63. The minimum atomic E-state index is -3.91. The molecule has 0 aliphatic rings. The van der Waals surface area contributed by atoms with E-state index in [1.807, 2.05) is 5.38 Å². The molecule has 2 rings (SSSR count). The Morgan fingerprint density at radius 2 is 1.90 bits per heavy atom. The summed E-state index contributed by atoms with van der Waals surface area (Å²) >= 11 is 1.39. The highest BCUT2D eigenvalue weighted by Gasteiger charge is 2.20. The van der Waals surface area contributed by atoms with Gasteiger partial charge in [0.15, 0.2) is 9.84 Å². The van der Waals surface area contributed by atoms with Crippen LogP contribution >= 0.6 is 11.3 Å². The van der Waals surface area contributed by atoms with Crippen molar-refractivity contribution in [3.05, 3.63) is 46.4 Å². The van der Waals surface area contributed by atoms with Crippen molar-refractivity contribution in [2.75, 3.05) is 6.26 Å². The fourth-order valence-electron chi connectivity index (χ4n) is 1.60. The molecule has 0 radical (unpaired) electrons. The van der Waals surface area contributed by atoms with Crippen LogP contribution in [0, 0.1) is 5.82 Å². The summed E-state index contributed by atoms with van der Waals surface area (Å²) in [7, 11) is -7.75. The molecule has 0 aliphatic carbocycles. The Balaban J connectivity index is 2.32. The van der Waals surface area contributed by atoms with Crippen LogP contribution in [0.4, 0.5) is 4.39 Å². The molecule has 0 spiro atoms. The van der Waals surface area contributed by atoms with E-state index in [4.69, 9.17) is 0 Å². The van der Waals surface area contributed by atoms with Gasteiger partial charge in [0.2, 0.25) is 10.0 Å². The fraction of sp³-hybridized carbons (Fsp3) is 0.167. The third-order valence-corrected chi connectivity index (χ3v) is 6.02. The number of thiophene rings is 1. The van der Waals surface area contributed by atoms with Crippen LogP contribution in [-0.2, 0) is 26.4 Å². The van der Waals surface area contributed by atoms with E-state index < -0.39 is 30.6 Å². The number of benzene rings is 1. The van der Waals surface area contributed by atoms with Crippen molar-refractivity contribution in [1.29, 1.82) is 0 Å². The number of rotatable bonds is 5. The lowest BCUT2D eigenvalue weighted by Gasteiger charge is -2.08. The van der Waals surface area contributed by atoms with Crippen molar-refractivity contribution in [3.8, 4) is 0 Å². The van der Waals surface area contributed by atoms with Crippen molar-refractivity contribution in [2.45, 2.75) is 16.3 Å². The first-order chi connectivity index (χ1) is 9.70. The molecular weight excluding hydrogens is 337 g/mol. The summed E-state index contributed by atoms with van der Waals surface area (Å²) < 4.78 is 62.8. The van der Waals surface area contributed by atoms with Gasteiger partial charge in [-0.2, -0.15) is 0 Å². The molecule has 9 heteroatoms. The highest BCUT2D eigenvalue weighted by atomic mass is 32.2. The topological polar surface area (TPSA) is 80.3 Å². The molecule has 1 heterocycles. The van der Waals surface area contributed by atoms with Gasteiger partial charge in [0.1, 0.15) is 10.7 Å². The molecule has 5 nitrogen and oxygen atoms in total. The van der Waals surface area contributed by atoms with Crippen LogP contribution in [0.15, 0.2) is 45.5 Å². The SMILES string of the molecule is CS(=O)(=O)c1cc(S(=O)(=O)NCc2cccs2)ccc1F. The molecule has 0 aliphatic heterocycles. The maximum Gasteiger partial charge on any atom is 0.240 e. The molecule has 0 unspecified atom stereocenters. The van der Waals surface area contributed by atoms with E-state index in [1.54, 1.807) is 12.1 Å². The number of halogens is 1. The summed E-state index contributed by atoms with van der Waals surface area (Å²) in [5.41, 5.74) is 0. The highest BCUT2D eigenvalue weighted by Crippen LogP contribution is 2.20. The minimum absolute atomic E-state index is 0.0889. The molecule has 1 aromatic carbocycles. The van der Waals surface area contributed by atoms with Gasteiger partial charge in [-0.05, 0) is 29.6 Å². The smallest absolute Gasteiger partial charge is 0.224 e. The van der Waals surface area contributed by atoms with E-state index >= 15 is 0 Å². The maximum absolute atomic E-state index is 13.5. The van der Waals surface area contributed by atoms with Crippen LogP contribution in [0.1, 0.15) is 4.88 Å². The Morgan fingerprint density at radius 1 is 1.19 bits per heavy atom. The van der Waals surface area contributed by atoms with Gasteiger partial charge in [-0.1, -0.05) is 6.07 Å². The Kier molecular flexibility index (Phi) is 4.47. The van der Waals surface area contributed by atoms with Crippen molar-refractivity contribution in [1.82, 2.24) is 4.72 Å². The van der Waals surface area contributed by atoms with Crippen molar-refractivity contribution < 1.29 is 21.2 Å². The lowest BCUT2D eigenvalue weighted by Crippen LogP contribution is -2.23. The standard InChI is InChI=1S/C12H12FNO4S3/c1-20(15,16)12-7-10(4-5-11(12)13)21(17,18)14-8-9-3-2-6-19-9/h2-7,14H,8H2,1H3. The van der Waals surface area contributed by atoms with Gasteiger partial charge in [-0.3, -0.25) is 0 Å². The van der Waals surface area contributed by atoms with E-state index in [2.05, 4.69) is 4.72 Å². The fourth-order valence-corrected chi connectivity index (χ4v) is 4.20. The number of sulfone groups is 1. The van der Waals surface area contributed by atoms with E-state index in [1.165, 1.54) is 11.3 Å². The van der Waals surface area contributed by atoms with E-state index in [0.29, 0.717) is 0 Å². The molecule has 21 heavy (non-hydrogen) atoms. The van der Waals surface area contributed by atoms with E-state index in [9.17, 15) is 21.2 Å².